The normalized spacial score (nSPS) is 13.3. The van der Waals surface area contributed by atoms with Crippen molar-refractivity contribution in [2.24, 2.45) is 0 Å². The van der Waals surface area contributed by atoms with Gasteiger partial charge in [0.15, 0.2) is 0 Å². The number of fused-ring (bicyclic) bond motifs is 1. The highest BCUT2D eigenvalue weighted by atomic mass is 16.4. The van der Waals surface area contributed by atoms with Crippen LogP contribution in [-0.4, -0.2) is 41.1 Å². The van der Waals surface area contributed by atoms with Crippen molar-refractivity contribution in [1.29, 1.82) is 0 Å². The monoisotopic (exact) mass is 272 g/mol. The largest absolute Gasteiger partial charge is 0.480 e. The molecule has 20 heavy (non-hydrogen) atoms. The summed E-state index contributed by atoms with van der Waals surface area (Å²) < 4.78 is 0. The smallest absolute Gasteiger partial charge is 0.323 e. The molecule has 0 atom stereocenters. The lowest BCUT2D eigenvalue weighted by Gasteiger charge is -2.21. The third-order valence-corrected chi connectivity index (χ3v) is 3.27. The van der Waals surface area contributed by atoms with Crippen LogP contribution in [0.4, 0.5) is 4.79 Å². The number of terminal acetylenes is 1. The Labute approximate surface area is 117 Å². The van der Waals surface area contributed by atoms with Gasteiger partial charge in [0.2, 0.25) is 0 Å². The van der Waals surface area contributed by atoms with Gasteiger partial charge < -0.3 is 15.3 Å². The van der Waals surface area contributed by atoms with E-state index in [4.69, 9.17) is 11.5 Å². The molecule has 104 valence electrons. The lowest BCUT2D eigenvalue weighted by atomic mass is 10.1. The van der Waals surface area contributed by atoms with Crippen LogP contribution in [0.25, 0.3) is 0 Å². The van der Waals surface area contributed by atoms with E-state index in [0.29, 0.717) is 0 Å². The van der Waals surface area contributed by atoms with Crippen LogP contribution in [0.3, 0.4) is 0 Å². The topological polar surface area (TPSA) is 69.6 Å². The first kappa shape index (κ1) is 13.9. The minimum atomic E-state index is -1.08. The second-order valence-corrected chi connectivity index (χ2v) is 4.78. The van der Waals surface area contributed by atoms with Gasteiger partial charge in [0, 0.05) is 6.04 Å². The van der Waals surface area contributed by atoms with Gasteiger partial charge in [-0.3, -0.25) is 4.79 Å². The summed E-state index contributed by atoms with van der Waals surface area (Å²) in [7, 11) is 0. The number of aliphatic carboxylic acids is 1. The van der Waals surface area contributed by atoms with E-state index in [1.165, 1.54) is 11.1 Å². The Morgan fingerprint density at radius 3 is 2.45 bits per heavy atom. The zero-order valence-corrected chi connectivity index (χ0v) is 11.0. The molecule has 0 saturated heterocycles. The highest BCUT2D eigenvalue weighted by Gasteiger charge is 2.25. The van der Waals surface area contributed by atoms with E-state index in [1.807, 2.05) is 24.3 Å². The lowest BCUT2D eigenvalue weighted by molar-refractivity contribution is -0.137. The number of benzene rings is 1. The number of rotatable bonds is 4. The van der Waals surface area contributed by atoms with Gasteiger partial charge in [0.25, 0.3) is 0 Å². The SMILES string of the molecule is C#CCN(CC(=O)O)C(=O)NC1Cc2ccccc2C1. The average Bonchev–Trinajstić information content (AvgIpc) is 2.79. The van der Waals surface area contributed by atoms with Crippen LogP contribution in [-0.2, 0) is 17.6 Å². The van der Waals surface area contributed by atoms with E-state index in [0.717, 1.165) is 17.7 Å². The summed E-state index contributed by atoms with van der Waals surface area (Å²) in [4.78, 5) is 23.9. The van der Waals surface area contributed by atoms with E-state index in [-0.39, 0.29) is 12.6 Å². The number of nitrogens with one attached hydrogen (secondary N) is 1. The van der Waals surface area contributed by atoms with E-state index < -0.39 is 18.5 Å². The van der Waals surface area contributed by atoms with Gasteiger partial charge in [0.1, 0.15) is 6.54 Å². The van der Waals surface area contributed by atoms with E-state index in [2.05, 4.69) is 11.2 Å². The number of amides is 2. The number of carboxylic acids is 1. The maximum Gasteiger partial charge on any atom is 0.323 e. The number of carbonyl (C=O) groups is 2. The molecule has 2 rings (SSSR count). The molecule has 5 nitrogen and oxygen atoms in total. The molecule has 2 amide bonds. The van der Waals surface area contributed by atoms with Gasteiger partial charge >= 0.3 is 12.0 Å². The summed E-state index contributed by atoms with van der Waals surface area (Å²) in [6, 6.07) is 7.59. The number of urea groups is 1. The standard InChI is InChI=1S/C15H16N2O3/c1-2-7-17(10-14(18)19)15(20)16-13-8-11-5-3-4-6-12(11)9-13/h1,3-6,13H,7-10H2,(H,16,20)(H,18,19). The van der Waals surface area contributed by atoms with Crippen molar-refractivity contribution in [2.75, 3.05) is 13.1 Å². The highest BCUT2D eigenvalue weighted by molar-refractivity contribution is 5.80. The Bertz CT molecular complexity index is 537. The minimum Gasteiger partial charge on any atom is -0.480 e. The van der Waals surface area contributed by atoms with Crippen LogP contribution in [0.5, 0.6) is 0 Å². The second kappa shape index (κ2) is 6.11. The zero-order chi connectivity index (χ0) is 14.5. The summed E-state index contributed by atoms with van der Waals surface area (Å²) in [5.41, 5.74) is 2.44. The predicted octanol–water partition coefficient (Wildman–Crippen LogP) is 0.883. The first-order valence-corrected chi connectivity index (χ1v) is 6.37. The lowest BCUT2D eigenvalue weighted by Crippen LogP contribution is -2.47. The molecule has 0 saturated carbocycles. The van der Waals surface area contributed by atoms with E-state index in [9.17, 15) is 9.59 Å². The van der Waals surface area contributed by atoms with Gasteiger partial charge in [0.05, 0.1) is 6.54 Å². The minimum absolute atomic E-state index is 0.00558. The van der Waals surface area contributed by atoms with Crippen LogP contribution in [0, 0.1) is 12.3 Å². The van der Waals surface area contributed by atoms with Crippen molar-refractivity contribution in [2.45, 2.75) is 18.9 Å². The molecule has 0 fully saturated rings. The third-order valence-electron chi connectivity index (χ3n) is 3.27. The van der Waals surface area contributed by atoms with Crippen LogP contribution in [0.2, 0.25) is 0 Å². The summed E-state index contributed by atoms with van der Waals surface area (Å²) in [6.07, 6.45) is 6.68. The molecule has 0 radical (unpaired) electrons. The Kier molecular flexibility index (Phi) is 4.26. The molecule has 2 N–H and O–H groups in total. The molecule has 1 aromatic carbocycles. The molecular weight excluding hydrogens is 256 g/mol. The van der Waals surface area contributed by atoms with E-state index >= 15 is 0 Å². The molecule has 1 aromatic rings. The molecular formula is C15H16N2O3. The fourth-order valence-electron chi connectivity index (χ4n) is 2.40. The van der Waals surface area contributed by atoms with Crippen molar-refractivity contribution in [3.63, 3.8) is 0 Å². The Balaban J connectivity index is 1.95. The Morgan fingerprint density at radius 1 is 1.35 bits per heavy atom. The fourth-order valence-corrected chi connectivity index (χ4v) is 2.40. The van der Waals surface area contributed by atoms with Crippen molar-refractivity contribution >= 4 is 12.0 Å². The van der Waals surface area contributed by atoms with Crippen molar-refractivity contribution < 1.29 is 14.7 Å². The number of carboxylic acid groups (broad SMARTS) is 1. The Morgan fingerprint density at radius 2 is 1.95 bits per heavy atom. The maximum absolute atomic E-state index is 12.0. The number of nitrogens with zero attached hydrogens (tertiary/aromatic N) is 1. The predicted molar refractivity (Wildman–Crippen MR) is 74.2 cm³/mol. The average molecular weight is 272 g/mol. The molecule has 1 aliphatic rings. The van der Waals surface area contributed by atoms with Gasteiger partial charge in [-0.15, -0.1) is 6.42 Å². The number of hydrogen-bond donors (Lipinski definition) is 2. The number of carbonyl (C=O) groups excluding carboxylic acids is 1. The Hall–Kier alpha value is -2.48. The van der Waals surface area contributed by atoms with Crippen molar-refractivity contribution in [1.82, 2.24) is 10.2 Å². The summed E-state index contributed by atoms with van der Waals surface area (Å²) in [5.74, 6) is 1.22. The van der Waals surface area contributed by atoms with Gasteiger partial charge in [-0.05, 0) is 24.0 Å². The molecule has 1 aliphatic carbocycles. The van der Waals surface area contributed by atoms with Crippen LogP contribution < -0.4 is 5.32 Å². The van der Waals surface area contributed by atoms with Gasteiger partial charge in [-0.1, -0.05) is 30.2 Å². The molecule has 5 heteroatoms. The number of hydrogen-bond acceptors (Lipinski definition) is 2. The van der Waals surface area contributed by atoms with Gasteiger partial charge in [-0.25, -0.2) is 4.79 Å². The molecule has 0 spiro atoms. The summed E-state index contributed by atoms with van der Waals surface area (Å²) in [6.45, 7) is -0.409. The first-order valence-electron chi connectivity index (χ1n) is 6.37. The maximum atomic E-state index is 12.0. The highest BCUT2D eigenvalue weighted by Crippen LogP contribution is 2.21. The van der Waals surface area contributed by atoms with Crippen LogP contribution in [0.1, 0.15) is 11.1 Å². The quantitative estimate of drug-likeness (QED) is 0.800. The summed E-state index contributed by atoms with van der Waals surface area (Å²) in [5, 5.41) is 11.6. The van der Waals surface area contributed by atoms with Crippen LogP contribution >= 0.6 is 0 Å². The van der Waals surface area contributed by atoms with Crippen molar-refractivity contribution in [3.8, 4) is 12.3 Å². The first-order chi connectivity index (χ1) is 9.60. The molecule has 0 bridgehead atoms. The fraction of sp³-hybridized carbons (Fsp3) is 0.333. The van der Waals surface area contributed by atoms with Crippen molar-refractivity contribution in [3.05, 3.63) is 35.4 Å². The van der Waals surface area contributed by atoms with E-state index in [1.54, 1.807) is 0 Å². The second-order valence-electron chi connectivity index (χ2n) is 4.78. The van der Waals surface area contributed by atoms with Gasteiger partial charge in [-0.2, -0.15) is 0 Å². The zero-order valence-electron chi connectivity index (χ0n) is 11.0. The molecule has 0 heterocycles. The molecule has 0 aliphatic heterocycles. The summed E-state index contributed by atoms with van der Waals surface area (Å²) >= 11 is 0. The van der Waals surface area contributed by atoms with Crippen LogP contribution in [0.15, 0.2) is 24.3 Å². The third kappa shape index (κ3) is 3.29. The molecule has 0 aromatic heterocycles. The molecule has 0 unspecified atom stereocenters.